The molecule has 0 amide bonds. The van der Waals surface area contributed by atoms with Crippen molar-refractivity contribution < 1.29 is 143 Å². The summed E-state index contributed by atoms with van der Waals surface area (Å²) in [5.41, 5.74) is -1.43. The van der Waals surface area contributed by atoms with Crippen molar-refractivity contribution in [2.24, 2.45) is 148 Å². The maximum atomic E-state index is 13.1. The van der Waals surface area contributed by atoms with Gasteiger partial charge in [0.15, 0.2) is 0 Å². The van der Waals surface area contributed by atoms with E-state index in [0.29, 0.717) is 64.2 Å². The fourth-order valence-corrected chi connectivity index (χ4v) is 25.8. The second-order valence-electron chi connectivity index (χ2n) is 42.5. The van der Waals surface area contributed by atoms with Crippen LogP contribution in [0.3, 0.4) is 0 Å². The highest BCUT2D eigenvalue weighted by Gasteiger charge is 2.76. The van der Waals surface area contributed by atoms with Crippen molar-refractivity contribution >= 4 is 89.5 Å². The lowest BCUT2D eigenvalue weighted by atomic mass is 9.78. The number of rotatable bonds is 25. The highest BCUT2D eigenvalue weighted by molar-refractivity contribution is 5.91. The SMILES string of the molecule is C.C.C.C.C.C.C.C.C.C.CCC(C)C(=O)OC1C2CC3C1OC(=O)C3C2C(=O)OC(C)(C)C.CCC(C)C(=O)OC1C2CC3C1OC(=O)C3C2C(=O)OC1(C)CCCC1.CCC(C)C(=O)OC1C2CC3C1OC(=O)C3C2C(=O)OC1(CC)CCCC1.CCC(C)C(=O)OC1C2CC3C1OC(=O)C3C2C(=O)OC1CCCC1.CCC(C)C(=O)OC1C2CC3C1OC(=O)C3C2C(=O)OC1CCCCC1. The van der Waals surface area contributed by atoms with Gasteiger partial charge in [-0.15, -0.1) is 0 Å². The average Bonchev–Trinajstić information content (AvgIpc) is 1.56. The second-order valence-corrected chi connectivity index (χ2v) is 42.5. The lowest BCUT2D eigenvalue weighted by Gasteiger charge is -2.34. The monoisotopic (exact) mass is 1960 g/mol. The molecule has 138 heavy (non-hydrogen) atoms. The van der Waals surface area contributed by atoms with E-state index < -0.39 is 119 Å². The van der Waals surface area contributed by atoms with E-state index in [4.69, 9.17) is 71.1 Å². The van der Waals surface area contributed by atoms with Crippen molar-refractivity contribution in [3.63, 3.8) is 0 Å². The molecule has 0 aromatic carbocycles. The number of carbonyl (C=O) groups is 15. The standard InChI is InChI=1S/C21H30O6.2C20H28O6.C19H26O6.C18H26O6.10CH4/c1-4-11(3)18(22)25-16-13-10-12-14(19(23)26-17(12)16)15(13)20(24)27-21(5-2)8-6-7-9-21;1-4-10(2)17(21)24-15-12-9-11-13(18(22)25-16(11)15)14(12)19(23)26-20(3)7-5-6-8-20;1-3-10(2)18(21)25-16-12-9-13-15(20(23)26-17(13)16)14(12)19(22)24-11-7-5-4-6-8-11;1-3-9(2)17(20)24-15-11-8-12-14(19(22)25-16(12)15)13(11)18(21)23-10-6-4-5-7-10;1-6-8(2)15(19)22-13-10-7-9-11(16(20)23-14(9)13)12(10)17(21)24-18(3,4)5;;;;;;;;;;/h11-17H,4-10H2,1-3H3;10-16H,4-9H2,1-3H3;10-17H,3-9H2,1-2H3;9-16H,3-8H2,1-2H3;8-14H,6-7H2,1-5H3;10*1H4. The van der Waals surface area contributed by atoms with Crippen LogP contribution < -0.4 is 0 Å². The molecule has 19 fully saturated rings. The van der Waals surface area contributed by atoms with Crippen molar-refractivity contribution in [2.75, 3.05) is 0 Å². The molecule has 10 bridgehead atoms. The van der Waals surface area contributed by atoms with Gasteiger partial charge in [0.1, 0.15) is 90.1 Å². The predicted molar refractivity (Wildman–Crippen MR) is 514 cm³/mol. The lowest BCUT2D eigenvalue weighted by molar-refractivity contribution is -0.176. The maximum Gasteiger partial charge on any atom is 0.310 e. The van der Waals surface area contributed by atoms with E-state index in [1.807, 2.05) is 76.2 Å². The molecule has 0 radical (unpaired) electrons. The molecule has 5 heterocycles. The van der Waals surface area contributed by atoms with E-state index in [1.165, 1.54) is 6.42 Å². The van der Waals surface area contributed by atoms with Gasteiger partial charge >= 0.3 is 89.5 Å². The molecule has 30 heteroatoms. The first kappa shape index (κ1) is 121. The fourth-order valence-electron chi connectivity index (χ4n) is 25.8. The van der Waals surface area contributed by atoms with Gasteiger partial charge in [0.2, 0.25) is 0 Å². The number of hydrogen-bond donors (Lipinski definition) is 0. The summed E-state index contributed by atoms with van der Waals surface area (Å²) in [5, 5.41) is 0. The third-order valence-corrected chi connectivity index (χ3v) is 33.7. The molecule has 19 rings (SSSR count). The van der Waals surface area contributed by atoms with Crippen molar-refractivity contribution in [1.82, 2.24) is 0 Å². The average molecular weight is 1960 g/mol. The molecule has 0 spiro atoms. The highest BCUT2D eigenvalue weighted by atomic mass is 16.6. The van der Waals surface area contributed by atoms with Crippen LogP contribution in [0.1, 0.15) is 358 Å². The predicted octanol–water partition coefficient (Wildman–Crippen LogP) is 19.0. The third-order valence-electron chi connectivity index (χ3n) is 33.7. The Morgan fingerprint density at radius 2 is 0.529 bits per heavy atom. The molecule has 14 saturated carbocycles. The summed E-state index contributed by atoms with van der Waals surface area (Å²) in [6.07, 6.45) is 20.0. The van der Waals surface area contributed by atoms with Gasteiger partial charge in [0.05, 0.1) is 88.8 Å². The summed E-state index contributed by atoms with van der Waals surface area (Å²) in [5.74, 6) is -11.5. The maximum absolute atomic E-state index is 13.1. The molecular weight excluding hydrogens is 1780 g/mol. The van der Waals surface area contributed by atoms with Crippen LogP contribution in [0.4, 0.5) is 0 Å². The summed E-state index contributed by atoms with van der Waals surface area (Å²) in [4.78, 5) is 187. The Bertz CT molecular complexity index is 4220. The van der Waals surface area contributed by atoms with Crippen LogP contribution in [-0.4, -0.2) is 180 Å². The summed E-state index contributed by atoms with van der Waals surface area (Å²) in [7, 11) is 0. The molecule has 14 aliphatic carbocycles. The normalized spacial score (nSPS) is 36.6. The zero-order valence-corrected chi connectivity index (χ0v) is 77.4. The molecule has 30 nitrogen and oxygen atoms in total. The smallest absolute Gasteiger partial charge is 0.310 e. The van der Waals surface area contributed by atoms with Crippen LogP contribution in [0.15, 0.2) is 0 Å². The first-order valence-electron chi connectivity index (χ1n) is 49.0. The van der Waals surface area contributed by atoms with E-state index in [2.05, 4.69) is 6.92 Å². The topological polar surface area (TPSA) is 394 Å². The third kappa shape index (κ3) is 22.8. The van der Waals surface area contributed by atoms with Gasteiger partial charge in [-0.1, -0.05) is 157 Å². The number of hydrogen-bond acceptors (Lipinski definition) is 30. The van der Waals surface area contributed by atoms with Crippen LogP contribution in [0.5, 0.6) is 0 Å². The zero-order valence-electron chi connectivity index (χ0n) is 77.4. The van der Waals surface area contributed by atoms with Crippen molar-refractivity contribution in [2.45, 2.75) is 448 Å². The number of carbonyl (C=O) groups excluding carboxylic acids is 15. The van der Waals surface area contributed by atoms with Gasteiger partial charge in [0, 0.05) is 59.2 Å². The second kappa shape index (κ2) is 48.4. The van der Waals surface area contributed by atoms with E-state index in [0.717, 1.165) is 109 Å². The first-order chi connectivity index (χ1) is 60.9. The molecular formula is C108H178O30. The van der Waals surface area contributed by atoms with Crippen LogP contribution in [0, 0.1) is 148 Å². The fraction of sp³-hybridized carbons (Fsp3) is 0.861. The Morgan fingerprint density at radius 3 is 0.768 bits per heavy atom. The van der Waals surface area contributed by atoms with E-state index in [1.54, 1.807) is 20.8 Å². The van der Waals surface area contributed by atoms with Crippen molar-refractivity contribution in [3.05, 3.63) is 0 Å². The Balaban J connectivity index is 0.000000299. The van der Waals surface area contributed by atoms with Gasteiger partial charge in [-0.3, -0.25) is 71.9 Å². The van der Waals surface area contributed by atoms with Crippen LogP contribution >= 0.6 is 0 Å². The minimum absolute atomic E-state index is 0. The Kier molecular flexibility index (Phi) is 42.3. The molecule has 0 aromatic rings. The largest absolute Gasteiger partial charge is 0.462 e. The van der Waals surface area contributed by atoms with Gasteiger partial charge < -0.3 is 71.1 Å². The quantitative estimate of drug-likeness (QED) is 0.0605. The summed E-state index contributed by atoms with van der Waals surface area (Å²) in [6, 6.07) is 0. The minimum Gasteiger partial charge on any atom is -0.462 e. The Hall–Kier alpha value is -7.95. The van der Waals surface area contributed by atoms with Crippen LogP contribution in [-0.2, 0) is 143 Å². The molecule has 790 valence electrons. The molecule has 19 aliphatic rings. The zero-order chi connectivity index (χ0) is 91.9. The number of esters is 15. The van der Waals surface area contributed by atoms with E-state index >= 15 is 0 Å². The van der Waals surface area contributed by atoms with Crippen molar-refractivity contribution in [1.29, 1.82) is 0 Å². The van der Waals surface area contributed by atoms with E-state index in [9.17, 15) is 71.9 Å². The summed E-state index contributed by atoms with van der Waals surface area (Å²) in [6.45, 7) is 28.2. The van der Waals surface area contributed by atoms with E-state index in [-0.39, 0.29) is 283 Å². The summed E-state index contributed by atoms with van der Waals surface area (Å²) < 4.78 is 84.9. The molecule has 5 saturated heterocycles. The molecule has 5 aliphatic heterocycles. The Morgan fingerprint density at radius 1 is 0.304 bits per heavy atom. The molecule has 35 atom stereocenters. The first-order valence-corrected chi connectivity index (χ1v) is 49.0. The van der Waals surface area contributed by atoms with Gasteiger partial charge in [-0.25, -0.2) is 0 Å². The minimum atomic E-state index is -0.621. The summed E-state index contributed by atoms with van der Waals surface area (Å²) >= 11 is 0. The number of fused-ring (bicyclic) bond motifs is 5. The molecule has 35 unspecified atom stereocenters. The van der Waals surface area contributed by atoms with Gasteiger partial charge in [-0.05, 0) is 201 Å². The van der Waals surface area contributed by atoms with Gasteiger partial charge in [-0.2, -0.15) is 0 Å². The number of ether oxygens (including phenoxy) is 15. The molecule has 0 aromatic heterocycles. The lowest BCUT2D eigenvalue weighted by Crippen LogP contribution is -2.46. The van der Waals surface area contributed by atoms with Crippen molar-refractivity contribution in [3.8, 4) is 0 Å². The highest BCUT2D eigenvalue weighted by Crippen LogP contribution is 2.65. The van der Waals surface area contributed by atoms with Gasteiger partial charge in [0.25, 0.3) is 0 Å². The molecule has 0 N–H and O–H groups in total. The van der Waals surface area contributed by atoms with Crippen LogP contribution in [0.2, 0.25) is 0 Å². The Labute approximate surface area is 824 Å². The van der Waals surface area contributed by atoms with Crippen LogP contribution in [0.25, 0.3) is 0 Å².